The summed E-state index contributed by atoms with van der Waals surface area (Å²) in [6.45, 7) is 3.15. The molecule has 2 unspecified atom stereocenters. The molecular formula is C10H11Cl2NO3S. The molecule has 1 rings (SSSR count). The van der Waals surface area contributed by atoms with Gasteiger partial charge >= 0.3 is 5.97 Å². The molecule has 0 fully saturated rings. The van der Waals surface area contributed by atoms with E-state index in [1.54, 1.807) is 6.92 Å². The van der Waals surface area contributed by atoms with E-state index in [0.29, 0.717) is 8.67 Å². The van der Waals surface area contributed by atoms with Crippen LogP contribution in [0.2, 0.25) is 8.67 Å². The van der Waals surface area contributed by atoms with Gasteiger partial charge in [0.1, 0.15) is 4.34 Å². The van der Waals surface area contributed by atoms with E-state index >= 15 is 0 Å². The van der Waals surface area contributed by atoms with E-state index in [1.807, 2.05) is 0 Å². The number of halogens is 2. The molecule has 7 heteroatoms. The number of hydrogen-bond donors (Lipinski definition) is 2. The van der Waals surface area contributed by atoms with Crippen LogP contribution >= 0.6 is 34.5 Å². The normalized spacial score (nSPS) is 14.1. The molecule has 1 amide bonds. The molecule has 4 nitrogen and oxygen atoms in total. The highest BCUT2D eigenvalue weighted by molar-refractivity contribution is 7.20. The molecule has 0 aromatic carbocycles. The second-order valence-corrected chi connectivity index (χ2v) is 5.91. The molecule has 0 saturated heterocycles. The van der Waals surface area contributed by atoms with Crippen LogP contribution in [0.1, 0.15) is 24.2 Å². The Kier molecular flexibility index (Phi) is 4.80. The van der Waals surface area contributed by atoms with Crippen LogP contribution in [0.4, 0.5) is 0 Å². The fraction of sp³-hybridized carbons (Fsp3) is 0.400. The highest BCUT2D eigenvalue weighted by Crippen LogP contribution is 2.31. The van der Waals surface area contributed by atoms with Crippen molar-refractivity contribution in [1.82, 2.24) is 5.32 Å². The van der Waals surface area contributed by atoms with Crippen molar-refractivity contribution in [2.45, 2.75) is 19.9 Å². The lowest BCUT2D eigenvalue weighted by Gasteiger charge is -2.17. The Morgan fingerprint density at radius 3 is 2.41 bits per heavy atom. The summed E-state index contributed by atoms with van der Waals surface area (Å²) >= 11 is 12.6. The molecule has 0 aliphatic heterocycles. The summed E-state index contributed by atoms with van der Waals surface area (Å²) in [4.78, 5) is 22.5. The molecule has 17 heavy (non-hydrogen) atoms. The number of amides is 1. The first kappa shape index (κ1) is 14.3. The lowest BCUT2D eigenvalue weighted by molar-refractivity contribution is -0.141. The van der Waals surface area contributed by atoms with Crippen LogP contribution in [0.15, 0.2) is 6.07 Å². The highest BCUT2D eigenvalue weighted by Gasteiger charge is 2.23. The predicted octanol–water partition coefficient (Wildman–Crippen LogP) is 2.89. The van der Waals surface area contributed by atoms with Crippen LogP contribution in [-0.4, -0.2) is 23.0 Å². The lowest BCUT2D eigenvalue weighted by Crippen LogP contribution is -2.39. The molecule has 0 radical (unpaired) electrons. The number of carboxylic acid groups (broad SMARTS) is 1. The largest absolute Gasteiger partial charge is 0.481 e. The molecule has 2 atom stereocenters. The molecule has 0 aliphatic carbocycles. The minimum absolute atomic E-state index is 0.270. The van der Waals surface area contributed by atoms with E-state index in [9.17, 15) is 9.59 Å². The summed E-state index contributed by atoms with van der Waals surface area (Å²) in [7, 11) is 0. The predicted molar refractivity (Wildman–Crippen MR) is 68.1 cm³/mol. The Labute approximate surface area is 113 Å². The van der Waals surface area contributed by atoms with Gasteiger partial charge in [0, 0.05) is 6.04 Å². The van der Waals surface area contributed by atoms with Gasteiger partial charge in [-0.1, -0.05) is 23.2 Å². The Balaban J connectivity index is 2.73. The summed E-state index contributed by atoms with van der Waals surface area (Å²) in [6.07, 6.45) is 0. The summed E-state index contributed by atoms with van der Waals surface area (Å²) < 4.78 is 0.710. The standard InChI is InChI=1S/C10H11Cl2NO3S/c1-4(10(15)16)5(2)13-9(14)6-3-7(11)17-8(6)12/h3-5H,1-2H3,(H,13,14)(H,15,16). The number of nitrogens with one attached hydrogen (secondary N) is 1. The molecule has 2 N–H and O–H groups in total. The van der Waals surface area contributed by atoms with Crippen molar-refractivity contribution in [3.05, 3.63) is 20.3 Å². The van der Waals surface area contributed by atoms with Gasteiger partial charge in [-0.25, -0.2) is 0 Å². The molecular weight excluding hydrogens is 285 g/mol. The van der Waals surface area contributed by atoms with E-state index in [0.717, 1.165) is 11.3 Å². The SMILES string of the molecule is CC(NC(=O)c1cc(Cl)sc1Cl)C(C)C(=O)O. The van der Waals surface area contributed by atoms with Gasteiger partial charge in [-0.15, -0.1) is 11.3 Å². The lowest BCUT2D eigenvalue weighted by atomic mass is 10.0. The zero-order valence-corrected chi connectivity index (χ0v) is 11.5. The van der Waals surface area contributed by atoms with Crippen molar-refractivity contribution in [3.8, 4) is 0 Å². The van der Waals surface area contributed by atoms with E-state index in [4.69, 9.17) is 28.3 Å². The first-order chi connectivity index (χ1) is 7.82. The minimum Gasteiger partial charge on any atom is -0.481 e. The number of carbonyl (C=O) groups is 2. The van der Waals surface area contributed by atoms with E-state index < -0.39 is 23.8 Å². The number of carboxylic acids is 1. The minimum atomic E-state index is -0.966. The first-order valence-electron chi connectivity index (χ1n) is 4.81. The Bertz CT molecular complexity index is 447. The van der Waals surface area contributed by atoms with Crippen LogP contribution < -0.4 is 5.32 Å². The Hall–Kier alpha value is -0.780. The number of thiophene rings is 1. The van der Waals surface area contributed by atoms with Gasteiger partial charge in [0.25, 0.3) is 5.91 Å². The van der Waals surface area contributed by atoms with Gasteiger partial charge < -0.3 is 10.4 Å². The van der Waals surface area contributed by atoms with Crippen molar-refractivity contribution in [2.24, 2.45) is 5.92 Å². The van der Waals surface area contributed by atoms with Crippen molar-refractivity contribution in [1.29, 1.82) is 0 Å². The maximum absolute atomic E-state index is 11.8. The summed E-state index contributed by atoms with van der Waals surface area (Å²) in [5, 5.41) is 11.4. The van der Waals surface area contributed by atoms with Crippen LogP contribution in [0.5, 0.6) is 0 Å². The number of hydrogen-bond acceptors (Lipinski definition) is 3. The summed E-state index contributed by atoms with van der Waals surface area (Å²) in [6, 6.07) is 0.969. The fourth-order valence-corrected chi connectivity index (χ4v) is 2.58. The van der Waals surface area contributed by atoms with Crippen molar-refractivity contribution in [3.63, 3.8) is 0 Å². The third-order valence-electron chi connectivity index (χ3n) is 2.40. The quantitative estimate of drug-likeness (QED) is 0.897. The maximum Gasteiger partial charge on any atom is 0.308 e. The monoisotopic (exact) mass is 295 g/mol. The van der Waals surface area contributed by atoms with Gasteiger partial charge in [0.05, 0.1) is 15.8 Å². The van der Waals surface area contributed by atoms with Crippen LogP contribution in [0, 0.1) is 5.92 Å². The van der Waals surface area contributed by atoms with E-state index in [1.165, 1.54) is 13.0 Å². The van der Waals surface area contributed by atoms with Crippen LogP contribution in [-0.2, 0) is 4.79 Å². The third-order valence-corrected chi connectivity index (χ3v) is 3.89. The molecule has 0 aliphatic rings. The average molecular weight is 296 g/mol. The molecule has 1 heterocycles. The molecule has 0 spiro atoms. The van der Waals surface area contributed by atoms with Crippen molar-refractivity contribution < 1.29 is 14.7 Å². The van der Waals surface area contributed by atoms with E-state index in [-0.39, 0.29) is 5.56 Å². The first-order valence-corrected chi connectivity index (χ1v) is 6.38. The smallest absolute Gasteiger partial charge is 0.308 e. The highest BCUT2D eigenvalue weighted by atomic mass is 35.5. The van der Waals surface area contributed by atoms with Crippen LogP contribution in [0.25, 0.3) is 0 Å². The average Bonchev–Trinajstić information content (AvgIpc) is 2.56. The zero-order valence-electron chi connectivity index (χ0n) is 9.16. The molecule has 0 bridgehead atoms. The number of rotatable bonds is 4. The van der Waals surface area contributed by atoms with Crippen molar-refractivity contribution >= 4 is 46.4 Å². The van der Waals surface area contributed by atoms with Gasteiger partial charge in [0.15, 0.2) is 0 Å². The third kappa shape index (κ3) is 3.59. The van der Waals surface area contributed by atoms with Crippen LogP contribution in [0.3, 0.4) is 0 Å². The summed E-state index contributed by atoms with van der Waals surface area (Å²) in [5.74, 6) is -2.06. The second-order valence-electron chi connectivity index (χ2n) is 3.63. The topological polar surface area (TPSA) is 66.4 Å². The van der Waals surface area contributed by atoms with Gasteiger partial charge in [-0.2, -0.15) is 0 Å². The molecule has 1 aromatic rings. The second kappa shape index (κ2) is 5.71. The Morgan fingerprint density at radius 2 is 2.00 bits per heavy atom. The zero-order chi connectivity index (χ0) is 13.2. The fourth-order valence-electron chi connectivity index (χ4n) is 1.12. The molecule has 0 saturated carbocycles. The Morgan fingerprint density at radius 1 is 1.41 bits per heavy atom. The van der Waals surface area contributed by atoms with Crippen molar-refractivity contribution in [2.75, 3.05) is 0 Å². The molecule has 94 valence electrons. The maximum atomic E-state index is 11.8. The summed E-state index contributed by atoms with van der Waals surface area (Å²) in [5.41, 5.74) is 0.270. The number of aliphatic carboxylic acids is 1. The van der Waals surface area contributed by atoms with Gasteiger partial charge in [-0.05, 0) is 19.9 Å². The van der Waals surface area contributed by atoms with Gasteiger partial charge in [0.2, 0.25) is 0 Å². The van der Waals surface area contributed by atoms with Gasteiger partial charge in [-0.3, -0.25) is 9.59 Å². The molecule has 1 aromatic heterocycles. The number of carbonyl (C=O) groups excluding carboxylic acids is 1. The van der Waals surface area contributed by atoms with E-state index in [2.05, 4.69) is 5.32 Å².